The highest BCUT2D eigenvalue weighted by atomic mass is 79.9. The van der Waals surface area contributed by atoms with E-state index in [1.165, 1.54) is 0 Å². The molecule has 24 heavy (non-hydrogen) atoms. The van der Waals surface area contributed by atoms with Crippen LogP contribution in [0.3, 0.4) is 0 Å². The topological polar surface area (TPSA) is 115 Å². The third-order valence-corrected chi connectivity index (χ3v) is 3.01. The minimum Gasteiger partial charge on any atom is -0.377 e. The van der Waals surface area contributed by atoms with Crippen LogP contribution in [0.1, 0.15) is 6.92 Å². The van der Waals surface area contributed by atoms with Gasteiger partial charge in [-0.3, -0.25) is 14.4 Å². The SMILES string of the molecule is CCOCC(=O)NCCOCCOCC(=O)NCCNC(=O)CBr. The molecule has 9 nitrogen and oxygen atoms in total. The van der Waals surface area contributed by atoms with Crippen LogP contribution in [0.2, 0.25) is 0 Å². The summed E-state index contributed by atoms with van der Waals surface area (Å²) >= 11 is 3.02. The molecule has 0 unspecified atom stereocenters. The smallest absolute Gasteiger partial charge is 0.246 e. The number of rotatable bonds is 15. The van der Waals surface area contributed by atoms with E-state index < -0.39 is 0 Å². The summed E-state index contributed by atoms with van der Waals surface area (Å²) in [6.07, 6.45) is 0. The fraction of sp³-hybridized carbons (Fsp3) is 0.786. The van der Waals surface area contributed by atoms with Crippen molar-refractivity contribution in [2.24, 2.45) is 0 Å². The molecular weight excluding hydrogens is 386 g/mol. The highest BCUT2D eigenvalue weighted by Gasteiger charge is 2.02. The average molecular weight is 412 g/mol. The van der Waals surface area contributed by atoms with E-state index in [-0.39, 0.29) is 42.9 Å². The zero-order valence-electron chi connectivity index (χ0n) is 13.9. The second-order valence-corrected chi connectivity index (χ2v) is 5.05. The standard InChI is InChI=1S/C14H26BrN3O6/c1-2-22-10-13(20)18-5-6-23-7-8-24-11-14(21)17-4-3-16-12(19)9-15/h2-11H2,1H3,(H,16,19)(H,17,21)(H,18,20). The maximum absolute atomic E-state index is 11.4. The van der Waals surface area contributed by atoms with Gasteiger partial charge < -0.3 is 30.2 Å². The maximum Gasteiger partial charge on any atom is 0.246 e. The summed E-state index contributed by atoms with van der Waals surface area (Å²) in [7, 11) is 0. The van der Waals surface area contributed by atoms with Crippen LogP contribution in [-0.4, -0.2) is 82.3 Å². The zero-order chi connectivity index (χ0) is 18.0. The van der Waals surface area contributed by atoms with Crippen molar-refractivity contribution in [3.8, 4) is 0 Å². The fourth-order valence-electron chi connectivity index (χ4n) is 1.40. The number of hydrogen-bond acceptors (Lipinski definition) is 6. The number of carbonyl (C=O) groups excluding carboxylic acids is 3. The summed E-state index contributed by atoms with van der Waals surface area (Å²) in [5.41, 5.74) is 0. The maximum atomic E-state index is 11.4. The van der Waals surface area contributed by atoms with E-state index in [2.05, 4.69) is 31.9 Å². The molecule has 0 saturated carbocycles. The molecule has 10 heteroatoms. The lowest BCUT2D eigenvalue weighted by Gasteiger charge is -2.08. The van der Waals surface area contributed by atoms with Gasteiger partial charge in [-0.1, -0.05) is 15.9 Å². The van der Waals surface area contributed by atoms with Gasteiger partial charge >= 0.3 is 0 Å². The van der Waals surface area contributed by atoms with Gasteiger partial charge in [0.2, 0.25) is 17.7 Å². The first-order chi connectivity index (χ1) is 11.6. The van der Waals surface area contributed by atoms with Crippen LogP contribution in [0, 0.1) is 0 Å². The molecule has 140 valence electrons. The third-order valence-electron chi connectivity index (χ3n) is 2.50. The second kappa shape index (κ2) is 16.6. The minimum atomic E-state index is -0.258. The Balaban J connectivity index is 3.30. The lowest BCUT2D eigenvalue weighted by atomic mass is 10.5. The van der Waals surface area contributed by atoms with Gasteiger partial charge in [0.05, 0.1) is 25.2 Å². The van der Waals surface area contributed by atoms with Crippen molar-refractivity contribution in [2.45, 2.75) is 6.92 Å². The van der Waals surface area contributed by atoms with Crippen LogP contribution in [0.4, 0.5) is 0 Å². The van der Waals surface area contributed by atoms with Crippen LogP contribution >= 0.6 is 15.9 Å². The van der Waals surface area contributed by atoms with Crippen molar-refractivity contribution < 1.29 is 28.6 Å². The van der Waals surface area contributed by atoms with Gasteiger partial charge in [0, 0.05) is 26.2 Å². The summed E-state index contributed by atoms with van der Waals surface area (Å²) in [5.74, 6) is -0.571. The Morgan fingerprint density at radius 3 is 1.92 bits per heavy atom. The molecule has 0 rings (SSSR count). The molecule has 0 saturated heterocycles. The van der Waals surface area contributed by atoms with Gasteiger partial charge in [-0.05, 0) is 6.92 Å². The first kappa shape index (κ1) is 22.8. The first-order valence-corrected chi connectivity index (χ1v) is 8.81. The molecule has 0 bridgehead atoms. The summed E-state index contributed by atoms with van der Waals surface area (Å²) in [6, 6.07) is 0. The fourth-order valence-corrected chi connectivity index (χ4v) is 1.59. The molecule has 0 aromatic carbocycles. The largest absolute Gasteiger partial charge is 0.377 e. The van der Waals surface area contributed by atoms with E-state index in [0.717, 1.165) is 0 Å². The van der Waals surface area contributed by atoms with E-state index in [9.17, 15) is 14.4 Å². The quantitative estimate of drug-likeness (QED) is 0.230. The predicted molar refractivity (Wildman–Crippen MR) is 91.0 cm³/mol. The second-order valence-electron chi connectivity index (χ2n) is 4.49. The lowest BCUT2D eigenvalue weighted by Crippen LogP contribution is -2.36. The molecule has 0 aliphatic rings. The first-order valence-electron chi connectivity index (χ1n) is 7.69. The van der Waals surface area contributed by atoms with Crippen molar-refractivity contribution in [3.05, 3.63) is 0 Å². The van der Waals surface area contributed by atoms with E-state index in [1.807, 2.05) is 6.92 Å². The van der Waals surface area contributed by atoms with Crippen LogP contribution < -0.4 is 16.0 Å². The molecule has 0 aromatic rings. The number of carbonyl (C=O) groups is 3. The normalized spacial score (nSPS) is 10.2. The van der Waals surface area contributed by atoms with E-state index in [0.29, 0.717) is 39.5 Å². The van der Waals surface area contributed by atoms with Crippen molar-refractivity contribution in [1.82, 2.24) is 16.0 Å². The van der Waals surface area contributed by atoms with Gasteiger partial charge in [0.1, 0.15) is 13.2 Å². The third kappa shape index (κ3) is 15.7. The Hall–Kier alpha value is -1.23. The zero-order valence-corrected chi connectivity index (χ0v) is 15.5. The lowest BCUT2D eigenvalue weighted by molar-refractivity contribution is -0.127. The molecular formula is C14H26BrN3O6. The number of ether oxygens (including phenoxy) is 3. The van der Waals surface area contributed by atoms with Crippen molar-refractivity contribution in [1.29, 1.82) is 0 Å². The van der Waals surface area contributed by atoms with Crippen molar-refractivity contribution in [2.75, 3.05) is 64.6 Å². The number of alkyl halides is 1. The molecule has 0 aromatic heterocycles. The van der Waals surface area contributed by atoms with Gasteiger partial charge in [0.25, 0.3) is 0 Å². The summed E-state index contributed by atoms with van der Waals surface area (Å²) in [4.78, 5) is 33.5. The molecule has 3 N–H and O–H groups in total. The Morgan fingerprint density at radius 1 is 0.750 bits per heavy atom. The molecule has 0 atom stereocenters. The van der Waals surface area contributed by atoms with Crippen LogP contribution in [0.15, 0.2) is 0 Å². The van der Waals surface area contributed by atoms with Crippen LogP contribution in [0.5, 0.6) is 0 Å². The van der Waals surface area contributed by atoms with E-state index in [4.69, 9.17) is 14.2 Å². The minimum absolute atomic E-state index is 0.0501. The molecule has 0 spiro atoms. The van der Waals surface area contributed by atoms with Gasteiger partial charge in [-0.25, -0.2) is 0 Å². The highest BCUT2D eigenvalue weighted by molar-refractivity contribution is 9.09. The summed E-state index contributed by atoms with van der Waals surface area (Å²) < 4.78 is 15.3. The molecule has 0 aliphatic heterocycles. The highest BCUT2D eigenvalue weighted by Crippen LogP contribution is 1.81. The summed E-state index contributed by atoms with van der Waals surface area (Å²) in [5, 5.41) is 8.09. The van der Waals surface area contributed by atoms with E-state index in [1.54, 1.807) is 0 Å². The Kier molecular flexibility index (Phi) is 15.8. The Labute approximate surface area is 150 Å². The summed E-state index contributed by atoms with van der Waals surface area (Å²) in [6.45, 7) is 4.38. The number of amides is 3. The van der Waals surface area contributed by atoms with Crippen molar-refractivity contribution >= 4 is 33.7 Å². The number of halogens is 1. The molecule has 3 amide bonds. The Bertz CT molecular complexity index is 370. The van der Waals surface area contributed by atoms with Crippen molar-refractivity contribution in [3.63, 3.8) is 0 Å². The molecule has 0 radical (unpaired) electrons. The Morgan fingerprint density at radius 2 is 1.29 bits per heavy atom. The molecule has 0 heterocycles. The average Bonchev–Trinajstić information content (AvgIpc) is 2.58. The van der Waals surface area contributed by atoms with Gasteiger partial charge in [0.15, 0.2) is 0 Å². The van der Waals surface area contributed by atoms with Gasteiger partial charge in [-0.15, -0.1) is 0 Å². The number of hydrogen-bond donors (Lipinski definition) is 3. The monoisotopic (exact) mass is 411 g/mol. The van der Waals surface area contributed by atoms with Crippen LogP contribution in [-0.2, 0) is 28.6 Å². The molecule has 0 fully saturated rings. The van der Waals surface area contributed by atoms with Gasteiger partial charge in [-0.2, -0.15) is 0 Å². The number of nitrogens with one attached hydrogen (secondary N) is 3. The van der Waals surface area contributed by atoms with Crippen LogP contribution in [0.25, 0.3) is 0 Å². The predicted octanol–water partition coefficient (Wildman–Crippen LogP) is -1.20. The molecule has 0 aliphatic carbocycles. The van der Waals surface area contributed by atoms with E-state index >= 15 is 0 Å².